The molecule has 1 aliphatic heterocycles. The van der Waals surface area contributed by atoms with E-state index >= 15 is 0 Å². The van der Waals surface area contributed by atoms with Gasteiger partial charge >= 0.3 is 5.97 Å². The summed E-state index contributed by atoms with van der Waals surface area (Å²) in [5, 5.41) is 12.9. The number of carbonyl (C=O) groups is 1. The molecule has 98 valence electrons. The Hall–Kier alpha value is -0.910. The van der Waals surface area contributed by atoms with Gasteiger partial charge in [-0.05, 0) is 24.6 Å². The second-order valence-corrected chi connectivity index (χ2v) is 5.54. The van der Waals surface area contributed by atoms with Gasteiger partial charge in [-0.2, -0.15) is 0 Å². The number of nitrogens with one attached hydrogen (secondary N) is 1. The van der Waals surface area contributed by atoms with E-state index in [1.54, 1.807) is 6.92 Å². The maximum Gasteiger partial charge on any atom is 0.328 e. The predicted octanol–water partition coefficient (Wildman–Crippen LogP) is 1.65. The number of aliphatic carboxylic acids is 1. The first-order chi connectivity index (χ1) is 8.55. The first-order valence-corrected chi connectivity index (χ1v) is 6.79. The van der Waals surface area contributed by atoms with Crippen molar-refractivity contribution in [3.63, 3.8) is 0 Å². The highest BCUT2D eigenvalue weighted by Gasteiger charge is 2.41. The van der Waals surface area contributed by atoms with E-state index < -0.39 is 11.5 Å². The third-order valence-corrected chi connectivity index (χ3v) is 4.10. The van der Waals surface area contributed by atoms with E-state index in [2.05, 4.69) is 21.2 Å². The van der Waals surface area contributed by atoms with Crippen molar-refractivity contribution in [2.75, 3.05) is 26.2 Å². The molecule has 18 heavy (non-hydrogen) atoms. The largest absolute Gasteiger partial charge is 0.480 e. The summed E-state index contributed by atoms with van der Waals surface area (Å²) >= 11 is 3.37. The van der Waals surface area contributed by atoms with Gasteiger partial charge in [0.25, 0.3) is 0 Å². The predicted molar refractivity (Wildman–Crippen MR) is 73.6 cm³/mol. The summed E-state index contributed by atoms with van der Waals surface area (Å²) in [4.78, 5) is 13.8. The molecular formula is C13H17BrN2O2. The van der Waals surface area contributed by atoms with Crippen LogP contribution in [0, 0.1) is 0 Å². The molecular weight excluding hydrogens is 296 g/mol. The van der Waals surface area contributed by atoms with Gasteiger partial charge in [0, 0.05) is 30.7 Å². The first kappa shape index (κ1) is 13.5. The summed E-state index contributed by atoms with van der Waals surface area (Å²) in [7, 11) is 0. The number of nitrogens with zero attached hydrogens (tertiary/aromatic N) is 1. The van der Waals surface area contributed by atoms with Crippen LogP contribution >= 0.6 is 15.9 Å². The lowest BCUT2D eigenvalue weighted by atomic mass is 9.89. The normalized spacial score (nSPS) is 20.3. The summed E-state index contributed by atoms with van der Waals surface area (Å²) in [5.74, 6) is -0.799. The monoisotopic (exact) mass is 312 g/mol. The van der Waals surface area contributed by atoms with Crippen molar-refractivity contribution in [1.82, 2.24) is 10.2 Å². The molecule has 1 fully saturated rings. The second-order valence-electron chi connectivity index (χ2n) is 4.62. The number of benzene rings is 1. The molecule has 1 heterocycles. The van der Waals surface area contributed by atoms with Gasteiger partial charge in [-0.3, -0.25) is 4.90 Å². The van der Waals surface area contributed by atoms with Crippen LogP contribution in [0.15, 0.2) is 28.7 Å². The first-order valence-electron chi connectivity index (χ1n) is 6.00. The Bertz CT molecular complexity index is 429. The van der Waals surface area contributed by atoms with Gasteiger partial charge < -0.3 is 10.4 Å². The molecule has 1 aromatic carbocycles. The van der Waals surface area contributed by atoms with Crippen LogP contribution < -0.4 is 5.32 Å². The number of rotatable bonds is 3. The lowest BCUT2D eigenvalue weighted by Gasteiger charge is -2.40. The second kappa shape index (κ2) is 5.38. The Balaban J connectivity index is 2.36. The summed E-state index contributed by atoms with van der Waals surface area (Å²) in [6.07, 6.45) is 0. The van der Waals surface area contributed by atoms with Crippen LogP contribution in [0.5, 0.6) is 0 Å². The maximum absolute atomic E-state index is 11.7. The summed E-state index contributed by atoms with van der Waals surface area (Å²) in [6, 6.07) is 7.53. The molecule has 1 aromatic rings. The van der Waals surface area contributed by atoms with E-state index in [1.165, 1.54) is 0 Å². The van der Waals surface area contributed by atoms with Gasteiger partial charge in [-0.15, -0.1) is 0 Å². The molecule has 1 aliphatic rings. The van der Waals surface area contributed by atoms with Crippen molar-refractivity contribution >= 4 is 21.9 Å². The molecule has 1 unspecified atom stereocenters. The standard InChI is InChI=1S/C13H17BrN2O2/c1-13(12(17)18,16-8-6-15-7-9-16)10-2-4-11(14)5-3-10/h2-5,15H,6-9H2,1H3,(H,17,18). The van der Waals surface area contributed by atoms with Crippen LogP contribution in [0.2, 0.25) is 0 Å². The van der Waals surface area contributed by atoms with Crippen molar-refractivity contribution in [3.05, 3.63) is 34.3 Å². The van der Waals surface area contributed by atoms with E-state index in [1.807, 2.05) is 29.2 Å². The number of carboxylic acids is 1. The number of hydrogen-bond acceptors (Lipinski definition) is 3. The fourth-order valence-electron chi connectivity index (χ4n) is 2.33. The Morgan fingerprint density at radius 3 is 2.39 bits per heavy atom. The van der Waals surface area contributed by atoms with E-state index in [4.69, 9.17) is 0 Å². The van der Waals surface area contributed by atoms with Gasteiger partial charge in [-0.1, -0.05) is 28.1 Å². The third kappa shape index (κ3) is 2.43. The molecule has 0 amide bonds. The van der Waals surface area contributed by atoms with Gasteiger partial charge in [0.05, 0.1) is 0 Å². The SMILES string of the molecule is CC(C(=O)O)(c1ccc(Br)cc1)N1CCNCC1. The highest BCUT2D eigenvalue weighted by molar-refractivity contribution is 9.10. The van der Waals surface area contributed by atoms with Crippen molar-refractivity contribution in [2.45, 2.75) is 12.5 Å². The van der Waals surface area contributed by atoms with E-state index in [0.717, 1.165) is 36.2 Å². The molecule has 0 aliphatic carbocycles. The zero-order valence-corrected chi connectivity index (χ0v) is 11.9. The Morgan fingerprint density at radius 2 is 1.89 bits per heavy atom. The molecule has 0 bridgehead atoms. The molecule has 5 heteroatoms. The number of piperazine rings is 1. The molecule has 2 N–H and O–H groups in total. The topological polar surface area (TPSA) is 52.6 Å². The van der Waals surface area contributed by atoms with E-state index in [0.29, 0.717) is 0 Å². The average Bonchev–Trinajstić information content (AvgIpc) is 2.39. The third-order valence-electron chi connectivity index (χ3n) is 3.57. The number of hydrogen-bond donors (Lipinski definition) is 2. The maximum atomic E-state index is 11.7. The molecule has 0 radical (unpaired) electrons. The Morgan fingerprint density at radius 1 is 1.33 bits per heavy atom. The zero-order valence-electron chi connectivity index (χ0n) is 10.3. The van der Waals surface area contributed by atoms with Gasteiger partial charge in [0.1, 0.15) is 5.54 Å². The average molecular weight is 313 g/mol. The lowest BCUT2D eigenvalue weighted by molar-refractivity contribution is -0.151. The highest BCUT2D eigenvalue weighted by Crippen LogP contribution is 2.30. The van der Waals surface area contributed by atoms with Crippen molar-refractivity contribution in [2.24, 2.45) is 0 Å². The van der Waals surface area contributed by atoms with Gasteiger partial charge in [0.15, 0.2) is 0 Å². The van der Waals surface area contributed by atoms with Crippen LogP contribution in [0.1, 0.15) is 12.5 Å². The zero-order chi connectivity index (χ0) is 13.2. The van der Waals surface area contributed by atoms with Gasteiger partial charge in [-0.25, -0.2) is 4.79 Å². The van der Waals surface area contributed by atoms with Crippen LogP contribution in [-0.2, 0) is 10.3 Å². The fourth-order valence-corrected chi connectivity index (χ4v) is 2.59. The Kier molecular flexibility index (Phi) is 4.04. The summed E-state index contributed by atoms with van der Waals surface area (Å²) in [5.41, 5.74) is -0.136. The minimum Gasteiger partial charge on any atom is -0.480 e. The molecule has 1 saturated heterocycles. The fraction of sp³-hybridized carbons (Fsp3) is 0.462. The van der Waals surface area contributed by atoms with Crippen LogP contribution in [0.3, 0.4) is 0 Å². The molecule has 0 aromatic heterocycles. The van der Waals surface area contributed by atoms with Crippen LogP contribution in [0.25, 0.3) is 0 Å². The molecule has 0 saturated carbocycles. The molecule has 1 atom stereocenters. The van der Waals surface area contributed by atoms with E-state index in [-0.39, 0.29) is 0 Å². The minimum absolute atomic E-state index is 0.749. The lowest BCUT2D eigenvalue weighted by Crippen LogP contribution is -2.56. The summed E-state index contributed by atoms with van der Waals surface area (Å²) in [6.45, 7) is 4.94. The highest BCUT2D eigenvalue weighted by atomic mass is 79.9. The number of carboxylic acid groups (broad SMARTS) is 1. The van der Waals surface area contributed by atoms with Crippen molar-refractivity contribution in [3.8, 4) is 0 Å². The van der Waals surface area contributed by atoms with Crippen molar-refractivity contribution in [1.29, 1.82) is 0 Å². The molecule has 4 nitrogen and oxygen atoms in total. The van der Waals surface area contributed by atoms with Crippen molar-refractivity contribution < 1.29 is 9.90 Å². The van der Waals surface area contributed by atoms with Crippen LogP contribution in [-0.4, -0.2) is 42.2 Å². The Labute approximate surface area is 115 Å². The quantitative estimate of drug-likeness (QED) is 0.891. The molecule has 0 spiro atoms. The molecule has 2 rings (SSSR count). The van der Waals surface area contributed by atoms with Crippen LogP contribution in [0.4, 0.5) is 0 Å². The smallest absolute Gasteiger partial charge is 0.328 e. The minimum atomic E-state index is -0.956. The number of halogens is 1. The van der Waals surface area contributed by atoms with E-state index in [9.17, 15) is 9.90 Å². The summed E-state index contributed by atoms with van der Waals surface area (Å²) < 4.78 is 0.958. The van der Waals surface area contributed by atoms with Gasteiger partial charge in [0.2, 0.25) is 0 Å².